The van der Waals surface area contributed by atoms with Crippen LogP contribution in [0.15, 0.2) is 35.1 Å². The predicted octanol–water partition coefficient (Wildman–Crippen LogP) is 2.67. The van der Waals surface area contributed by atoms with Crippen molar-refractivity contribution in [3.8, 4) is 0 Å². The Bertz CT molecular complexity index is 774. The molecular weight excluding hydrogens is 295 g/mol. The molecule has 0 bridgehead atoms. The summed E-state index contributed by atoms with van der Waals surface area (Å²) in [6, 6.07) is 6.29. The van der Waals surface area contributed by atoms with E-state index in [1.807, 2.05) is 0 Å². The third kappa shape index (κ3) is 2.85. The van der Waals surface area contributed by atoms with Crippen molar-refractivity contribution in [3.05, 3.63) is 41.4 Å². The SMILES string of the molecule is CC(=NN)C(=C(C)N)c1nc2ccccc2nc1C(F)(F)F. The highest BCUT2D eigenvalue weighted by Gasteiger charge is 2.38. The molecule has 0 aliphatic carbocycles. The second-order valence-corrected chi connectivity index (χ2v) is 4.68. The number of fused-ring (bicyclic) bond motifs is 1. The Morgan fingerprint density at radius 1 is 1.09 bits per heavy atom. The molecular formula is C14H14F3N5. The molecule has 0 unspecified atom stereocenters. The van der Waals surface area contributed by atoms with Crippen molar-refractivity contribution in [2.24, 2.45) is 16.7 Å². The minimum Gasteiger partial charge on any atom is -0.402 e. The van der Waals surface area contributed by atoms with Crippen LogP contribution in [0.25, 0.3) is 16.6 Å². The van der Waals surface area contributed by atoms with E-state index in [0.29, 0.717) is 5.52 Å². The maximum atomic E-state index is 13.3. The quantitative estimate of drug-likeness (QED) is 0.507. The van der Waals surface area contributed by atoms with Crippen molar-refractivity contribution in [1.29, 1.82) is 0 Å². The summed E-state index contributed by atoms with van der Waals surface area (Å²) in [5, 5.41) is 3.43. The molecule has 0 fully saturated rings. The van der Waals surface area contributed by atoms with Crippen LogP contribution in [-0.4, -0.2) is 15.7 Å². The topological polar surface area (TPSA) is 90.2 Å². The average molecular weight is 309 g/mol. The van der Waals surface area contributed by atoms with E-state index in [2.05, 4.69) is 15.1 Å². The van der Waals surface area contributed by atoms with E-state index in [0.717, 1.165) is 0 Å². The van der Waals surface area contributed by atoms with Crippen molar-refractivity contribution >= 4 is 22.3 Å². The second kappa shape index (κ2) is 5.63. The highest BCUT2D eigenvalue weighted by atomic mass is 19.4. The molecule has 0 radical (unpaired) electrons. The summed E-state index contributed by atoms with van der Waals surface area (Å²) in [5.41, 5.74) is 5.00. The van der Waals surface area contributed by atoms with Gasteiger partial charge in [-0.3, -0.25) is 0 Å². The van der Waals surface area contributed by atoms with Gasteiger partial charge in [0, 0.05) is 11.3 Å². The van der Waals surface area contributed by atoms with Crippen molar-refractivity contribution in [2.75, 3.05) is 0 Å². The first kappa shape index (κ1) is 15.7. The van der Waals surface area contributed by atoms with E-state index < -0.39 is 11.9 Å². The summed E-state index contributed by atoms with van der Waals surface area (Å²) >= 11 is 0. The fraction of sp³-hybridized carbons (Fsp3) is 0.214. The average Bonchev–Trinajstić information content (AvgIpc) is 2.45. The van der Waals surface area contributed by atoms with E-state index in [1.54, 1.807) is 18.2 Å². The third-order valence-electron chi connectivity index (χ3n) is 3.03. The molecule has 0 atom stereocenters. The number of allylic oxidation sites excluding steroid dienone is 2. The monoisotopic (exact) mass is 309 g/mol. The molecule has 2 rings (SSSR count). The molecule has 116 valence electrons. The first-order valence-corrected chi connectivity index (χ1v) is 6.31. The van der Waals surface area contributed by atoms with Crippen molar-refractivity contribution in [3.63, 3.8) is 0 Å². The molecule has 0 amide bonds. The molecule has 1 aromatic heterocycles. The molecule has 5 nitrogen and oxygen atoms in total. The van der Waals surface area contributed by atoms with Gasteiger partial charge in [-0.05, 0) is 26.0 Å². The number of rotatable bonds is 2. The number of hydrazone groups is 1. The second-order valence-electron chi connectivity index (χ2n) is 4.68. The largest absolute Gasteiger partial charge is 0.435 e. The van der Waals surface area contributed by atoms with Gasteiger partial charge in [0.25, 0.3) is 0 Å². The summed E-state index contributed by atoms with van der Waals surface area (Å²) < 4.78 is 40.0. The number of nitrogens with two attached hydrogens (primary N) is 2. The normalized spacial score (nSPS) is 14.1. The highest BCUT2D eigenvalue weighted by Crippen LogP contribution is 2.34. The van der Waals surface area contributed by atoms with Crippen LogP contribution in [0.3, 0.4) is 0 Å². The molecule has 1 aromatic carbocycles. The van der Waals surface area contributed by atoms with E-state index in [4.69, 9.17) is 11.6 Å². The maximum Gasteiger partial charge on any atom is 0.435 e. The maximum absolute atomic E-state index is 13.3. The van der Waals surface area contributed by atoms with E-state index in [9.17, 15) is 13.2 Å². The van der Waals surface area contributed by atoms with Crippen LogP contribution in [0.2, 0.25) is 0 Å². The van der Waals surface area contributed by atoms with Crippen LogP contribution >= 0.6 is 0 Å². The summed E-state index contributed by atoms with van der Waals surface area (Å²) in [7, 11) is 0. The molecule has 1 heterocycles. The van der Waals surface area contributed by atoms with Crippen LogP contribution in [0, 0.1) is 0 Å². The standard InChI is InChI=1S/C14H14F3N5/c1-7(18)11(8(2)22-19)12-13(14(15,16)17)21-10-6-4-3-5-9(10)20-12/h3-6H,18-19H2,1-2H3. The van der Waals surface area contributed by atoms with E-state index in [-0.39, 0.29) is 28.2 Å². The first-order chi connectivity index (χ1) is 10.3. The number of hydrogen-bond acceptors (Lipinski definition) is 5. The zero-order valence-corrected chi connectivity index (χ0v) is 11.9. The Morgan fingerprint density at radius 2 is 1.64 bits per heavy atom. The van der Waals surface area contributed by atoms with E-state index in [1.165, 1.54) is 19.9 Å². The minimum absolute atomic E-state index is 0.0353. The first-order valence-electron chi connectivity index (χ1n) is 6.31. The van der Waals surface area contributed by atoms with Crippen LogP contribution in [0.1, 0.15) is 25.2 Å². The number of aromatic nitrogens is 2. The molecule has 8 heteroatoms. The molecule has 0 saturated heterocycles. The number of nitrogens with zero attached hydrogens (tertiary/aromatic N) is 3. The fourth-order valence-corrected chi connectivity index (χ4v) is 2.08. The Balaban J connectivity index is 2.89. The van der Waals surface area contributed by atoms with Gasteiger partial charge in [0.2, 0.25) is 0 Å². The highest BCUT2D eigenvalue weighted by molar-refractivity contribution is 6.23. The molecule has 22 heavy (non-hydrogen) atoms. The summed E-state index contributed by atoms with van der Waals surface area (Å²) in [4.78, 5) is 7.77. The zero-order chi connectivity index (χ0) is 16.5. The Labute approximate surface area is 124 Å². The minimum atomic E-state index is -4.68. The van der Waals surface area contributed by atoms with Crippen molar-refractivity contribution in [2.45, 2.75) is 20.0 Å². The van der Waals surface area contributed by atoms with Gasteiger partial charge in [-0.2, -0.15) is 18.3 Å². The Morgan fingerprint density at radius 3 is 2.09 bits per heavy atom. The van der Waals surface area contributed by atoms with Gasteiger partial charge in [-0.25, -0.2) is 9.97 Å². The van der Waals surface area contributed by atoms with Gasteiger partial charge >= 0.3 is 6.18 Å². The van der Waals surface area contributed by atoms with Gasteiger partial charge in [0.1, 0.15) is 5.69 Å². The Kier molecular flexibility index (Phi) is 4.03. The molecule has 0 aliphatic heterocycles. The van der Waals surface area contributed by atoms with Crippen molar-refractivity contribution < 1.29 is 13.2 Å². The lowest BCUT2D eigenvalue weighted by Crippen LogP contribution is -2.18. The van der Waals surface area contributed by atoms with Crippen LogP contribution in [0.4, 0.5) is 13.2 Å². The lowest BCUT2D eigenvalue weighted by atomic mass is 10.0. The van der Waals surface area contributed by atoms with Gasteiger partial charge in [0.15, 0.2) is 5.69 Å². The summed E-state index contributed by atoms with van der Waals surface area (Å²) in [5.74, 6) is 5.19. The lowest BCUT2D eigenvalue weighted by Gasteiger charge is -2.15. The molecule has 4 N–H and O–H groups in total. The third-order valence-corrected chi connectivity index (χ3v) is 3.03. The Hall–Kier alpha value is -2.64. The molecule has 2 aromatic rings. The van der Waals surface area contributed by atoms with Crippen LogP contribution in [-0.2, 0) is 6.18 Å². The van der Waals surface area contributed by atoms with Crippen LogP contribution < -0.4 is 11.6 Å². The molecule has 0 aliphatic rings. The van der Waals surface area contributed by atoms with Gasteiger partial charge in [-0.15, -0.1) is 0 Å². The number of alkyl halides is 3. The fourth-order valence-electron chi connectivity index (χ4n) is 2.08. The number of hydrogen-bond donors (Lipinski definition) is 2. The smallest absolute Gasteiger partial charge is 0.402 e. The summed E-state index contributed by atoms with van der Waals surface area (Å²) in [6.07, 6.45) is -4.68. The number of para-hydroxylation sites is 2. The van der Waals surface area contributed by atoms with Gasteiger partial charge < -0.3 is 11.6 Å². The molecule has 0 spiro atoms. The van der Waals surface area contributed by atoms with Gasteiger partial charge in [-0.1, -0.05) is 12.1 Å². The zero-order valence-electron chi connectivity index (χ0n) is 11.9. The number of halogens is 3. The van der Waals surface area contributed by atoms with Gasteiger partial charge in [0.05, 0.1) is 16.7 Å². The van der Waals surface area contributed by atoms with E-state index >= 15 is 0 Å². The molecule has 0 saturated carbocycles. The van der Waals surface area contributed by atoms with Crippen LogP contribution in [0.5, 0.6) is 0 Å². The lowest BCUT2D eigenvalue weighted by molar-refractivity contribution is -0.141. The predicted molar refractivity (Wildman–Crippen MR) is 78.6 cm³/mol. The van der Waals surface area contributed by atoms with Crippen molar-refractivity contribution in [1.82, 2.24) is 9.97 Å². The number of benzene rings is 1. The summed E-state index contributed by atoms with van der Waals surface area (Å²) in [6.45, 7) is 2.92.